The van der Waals surface area contributed by atoms with Crippen LogP contribution in [0.1, 0.15) is 6.42 Å². The standard InChI is InChI=1S/C23H20ClF3N4O3/c1-3-20(32)31-7-6-17(14(26)10-31)34-19-8-12-16(9-18(19)33-2)28-11-29-23(12)30-15-5-4-13(25)21(24)22(15)27/h3-5,8-9,11,14,17H,1,6-7,10H2,2H3,(H,28,29,30)/t14-,17+/m1/s1. The Morgan fingerprint density at radius 1 is 1.29 bits per heavy atom. The average Bonchev–Trinajstić information content (AvgIpc) is 2.84. The normalized spacial score (nSPS) is 18.0. The molecule has 1 aliphatic heterocycles. The number of carbonyl (C=O) groups excluding carboxylic acids is 1. The number of aromatic nitrogens is 2. The Hall–Kier alpha value is -3.53. The van der Waals surface area contributed by atoms with E-state index in [1.807, 2.05) is 0 Å². The number of hydrogen-bond donors (Lipinski definition) is 1. The lowest BCUT2D eigenvalue weighted by atomic mass is 10.1. The van der Waals surface area contributed by atoms with Crippen molar-refractivity contribution in [3.63, 3.8) is 0 Å². The van der Waals surface area contributed by atoms with Crippen molar-refractivity contribution < 1.29 is 27.4 Å². The maximum Gasteiger partial charge on any atom is 0.246 e. The second-order valence-electron chi connectivity index (χ2n) is 7.54. The number of ether oxygens (including phenoxy) is 2. The number of piperidine rings is 1. The first kappa shape index (κ1) is 23.6. The Balaban J connectivity index is 1.65. The van der Waals surface area contributed by atoms with Crippen LogP contribution in [0.15, 0.2) is 43.2 Å². The molecule has 0 spiro atoms. The summed E-state index contributed by atoms with van der Waals surface area (Å²) in [6.45, 7) is 3.62. The fourth-order valence-corrected chi connectivity index (χ4v) is 3.84. The molecule has 2 aromatic carbocycles. The van der Waals surface area contributed by atoms with Crippen LogP contribution in [0.2, 0.25) is 5.02 Å². The van der Waals surface area contributed by atoms with Gasteiger partial charge in [-0.3, -0.25) is 4.79 Å². The quantitative estimate of drug-likeness (QED) is 0.393. The number of methoxy groups -OCH3 is 1. The van der Waals surface area contributed by atoms with E-state index in [0.717, 1.165) is 12.1 Å². The van der Waals surface area contributed by atoms with Crippen molar-refractivity contribution in [3.05, 3.63) is 59.9 Å². The van der Waals surface area contributed by atoms with E-state index >= 15 is 0 Å². The number of likely N-dealkylation sites (tertiary alicyclic amines) is 1. The monoisotopic (exact) mass is 492 g/mol. The Kier molecular flexibility index (Phi) is 6.78. The molecule has 2 atom stereocenters. The summed E-state index contributed by atoms with van der Waals surface area (Å²) in [7, 11) is 1.43. The van der Waals surface area contributed by atoms with E-state index in [1.165, 1.54) is 24.4 Å². The minimum absolute atomic E-state index is 0.0900. The van der Waals surface area contributed by atoms with Gasteiger partial charge in [-0.1, -0.05) is 18.2 Å². The molecule has 0 aliphatic carbocycles. The molecule has 1 aliphatic rings. The summed E-state index contributed by atoms with van der Waals surface area (Å²) < 4.78 is 54.0. The number of rotatable bonds is 6. The molecule has 7 nitrogen and oxygen atoms in total. The SMILES string of the molecule is C=CC(=O)N1CC[C@H](Oc2cc3c(Nc4ccc(F)c(Cl)c4F)ncnc3cc2OC)[C@H](F)C1. The number of alkyl halides is 1. The van der Waals surface area contributed by atoms with Crippen LogP contribution < -0.4 is 14.8 Å². The molecule has 3 aromatic rings. The average molecular weight is 493 g/mol. The van der Waals surface area contributed by atoms with Gasteiger partial charge in [-0.2, -0.15) is 0 Å². The van der Waals surface area contributed by atoms with Gasteiger partial charge in [-0.15, -0.1) is 0 Å². The largest absolute Gasteiger partial charge is 0.493 e. The van der Waals surface area contributed by atoms with E-state index in [4.69, 9.17) is 21.1 Å². The number of hydrogen-bond acceptors (Lipinski definition) is 6. The minimum Gasteiger partial charge on any atom is -0.493 e. The molecule has 0 bridgehead atoms. The van der Waals surface area contributed by atoms with Crippen LogP contribution in [0.25, 0.3) is 10.9 Å². The number of amides is 1. The molecule has 0 saturated carbocycles. The van der Waals surface area contributed by atoms with Crippen molar-refractivity contribution in [2.75, 3.05) is 25.5 Å². The van der Waals surface area contributed by atoms with Crippen molar-refractivity contribution in [3.8, 4) is 11.5 Å². The van der Waals surface area contributed by atoms with E-state index < -0.39 is 28.9 Å². The van der Waals surface area contributed by atoms with Crippen LogP contribution in [0.4, 0.5) is 24.7 Å². The third-order valence-corrected chi connectivity index (χ3v) is 5.80. The third-order valence-electron chi connectivity index (χ3n) is 5.46. The highest BCUT2D eigenvalue weighted by Gasteiger charge is 2.33. The zero-order valence-electron chi connectivity index (χ0n) is 18.0. The predicted molar refractivity (Wildman–Crippen MR) is 121 cm³/mol. The fourth-order valence-electron chi connectivity index (χ4n) is 3.67. The fraction of sp³-hybridized carbons (Fsp3) is 0.261. The molecule has 178 valence electrons. The maximum absolute atomic E-state index is 14.8. The van der Waals surface area contributed by atoms with Crippen LogP contribution in [-0.2, 0) is 4.79 Å². The molecule has 1 N–H and O–H groups in total. The van der Waals surface area contributed by atoms with E-state index in [2.05, 4.69) is 21.9 Å². The molecular weight excluding hydrogens is 473 g/mol. The molecule has 1 aromatic heterocycles. The van der Waals surface area contributed by atoms with Crippen LogP contribution in [0.5, 0.6) is 11.5 Å². The van der Waals surface area contributed by atoms with Crippen molar-refractivity contribution in [2.24, 2.45) is 0 Å². The van der Waals surface area contributed by atoms with Crippen LogP contribution in [-0.4, -0.2) is 53.2 Å². The second kappa shape index (κ2) is 9.76. The summed E-state index contributed by atoms with van der Waals surface area (Å²) >= 11 is 5.67. The maximum atomic E-state index is 14.8. The van der Waals surface area contributed by atoms with Gasteiger partial charge >= 0.3 is 0 Å². The van der Waals surface area contributed by atoms with Crippen molar-refractivity contribution in [1.29, 1.82) is 0 Å². The van der Waals surface area contributed by atoms with Gasteiger partial charge in [0.15, 0.2) is 23.5 Å². The lowest BCUT2D eigenvalue weighted by Gasteiger charge is -2.34. The highest BCUT2D eigenvalue weighted by atomic mass is 35.5. The van der Waals surface area contributed by atoms with Crippen LogP contribution >= 0.6 is 11.6 Å². The number of carbonyl (C=O) groups is 1. The number of anilines is 2. The summed E-state index contributed by atoms with van der Waals surface area (Å²) in [5.74, 6) is -1.47. The summed E-state index contributed by atoms with van der Waals surface area (Å²) in [5, 5.41) is 2.56. The Labute approximate surface area is 198 Å². The molecule has 1 saturated heterocycles. The first-order valence-electron chi connectivity index (χ1n) is 10.3. The first-order valence-corrected chi connectivity index (χ1v) is 10.7. The third kappa shape index (κ3) is 4.58. The Bertz CT molecular complexity index is 1260. The van der Waals surface area contributed by atoms with Gasteiger partial charge in [0.2, 0.25) is 5.91 Å². The number of benzene rings is 2. The van der Waals surface area contributed by atoms with Gasteiger partial charge in [0.25, 0.3) is 0 Å². The van der Waals surface area contributed by atoms with Gasteiger partial charge in [0, 0.05) is 24.4 Å². The molecule has 0 unspecified atom stereocenters. The zero-order valence-corrected chi connectivity index (χ0v) is 18.8. The molecular formula is C23H20ClF3N4O3. The number of halogens is 4. The Morgan fingerprint density at radius 2 is 2.09 bits per heavy atom. The Morgan fingerprint density at radius 3 is 2.79 bits per heavy atom. The summed E-state index contributed by atoms with van der Waals surface area (Å²) in [6.07, 6.45) is 0.411. The van der Waals surface area contributed by atoms with Gasteiger partial charge in [0.1, 0.15) is 29.1 Å². The number of nitrogens with zero attached hydrogens (tertiary/aromatic N) is 3. The highest BCUT2D eigenvalue weighted by molar-refractivity contribution is 6.31. The minimum atomic E-state index is -1.43. The van der Waals surface area contributed by atoms with E-state index in [9.17, 15) is 18.0 Å². The molecule has 2 heterocycles. The van der Waals surface area contributed by atoms with Gasteiger partial charge in [-0.25, -0.2) is 23.1 Å². The summed E-state index contributed by atoms with van der Waals surface area (Å²) in [4.78, 5) is 21.5. The molecule has 11 heteroatoms. The zero-order chi connectivity index (χ0) is 24.4. The van der Waals surface area contributed by atoms with E-state index in [1.54, 1.807) is 12.1 Å². The van der Waals surface area contributed by atoms with Gasteiger partial charge < -0.3 is 19.7 Å². The second-order valence-corrected chi connectivity index (χ2v) is 7.92. The first-order chi connectivity index (χ1) is 16.3. The van der Waals surface area contributed by atoms with Gasteiger partial charge in [-0.05, 0) is 24.3 Å². The van der Waals surface area contributed by atoms with E-state index in [0.29, 0.717) is 23.2 Å². The topological polar surface area (TPSA) is 76.6 Å². The van der Waals surface area contributed by atoms with Crippen molar-refractivity contribution in [2.45, 2.75) is 18.7 Å². The lowest BCUT2D eigenvalue weighted by Crippen LogP contribution is -2.48. The van der Waals surface area contributed by atoms with Gasteiger partial charge in [0.05, 0.1) is 24.9 Å². The molecule has 1 amide bonds. The summed E-state index contributed by atoms with van der Waals surface area (Å²) in [6, 6.07) is 5.35. The lowest BCUT2D eigenvalue weighted by molar-refractivity contribution is -0.129. The molecule has 0 radical (unpaired) electrons. The molecule has 34 heavy (non-hydrogen) atoms. The number of fused-ring (bicyclic) bond motifs is 1. The molecule has 1 fully saturated rings. The van der Waals surface area contributed by atoms with Crippen molar-refractivity contribution >= 4 is 39.9 Å². The predicted octanol–water partition coefficient (Wildman–Crippen LogP) is 4.82. The van der Waals surface area contributed by atoms with Crippen LogP contribution in [0, 0.1) is 11.6 Å². The number of nitrogens with one attached hydrogen (secondary N) is 1. The van der Waals surface area contributed by atoms with Crippen LogP contribution in [0.3, 0.4) is 0 Å². The summed E-state index contributed by atoms with van der Waals surface area (Å²) in [5.41, 5.74) is 0.353. The smallest absolute Gasteiger partial charge is 0.246 e. The van der Waals surface area contributed by atoms with E-state index in [-0.39, 0.29) is 36.1 Å². The molecule has 4 rings (SSSR count). The highest BCUT2D eigenvalue weighted by Crippen LogP contribution is 2.37. The van der Waals surface area contributed by atoms with Crippen molar-refractivity contribution in [1.82, 2.24) is 14.9 Å².